The molecule has 1 unspecified atom stereocenters. The van der Waals surface area contributed by atoms with Gasteiger partial charge in [-0.3, -0.25) is 4.90 Å². The summed E-state index contributed by atoms with van der Waals surface area (Å²) in [7, 11) is 0. The molecule has 2 aliphatic heterocycles. The maximum Gasteiger partial charge on any atom is 0.242 e. The van der Waals surface area contributed by atoms with Gasteiger partial charge in [0.15, 0.2) is 0 Å². The van der Waals surface area contributed by atoms with Crippen LogP contribution in [0.25, 0.3) is 0 Å². The molecule has 2 heterocycles. The molecule has 3 rings (SSSR count). The average molecular weight is 321 g/mol. The van der Waals surface area contributed by atoms with E-state index in [0.29, 0.717) is 11.6 Å². The topological polar surface area (TPSA) is 18.5 Å². The van der Waals surface area contributed by atoms with Crippen LogP contribution < -0.4 is 5.32 Å². The third-order valence-electron chi connectivity index (χ3n) is 4.83. The number of hydrogen-bond donors (Lipinski definition) is 1. The maximum atomic E-state index is 12.4. The van der Waals surface area contributed by atoms with Crippen molar-refractivity contribution in [1.29, 1.82) is 0 Å². The van der Waals surface area contributed by atoms with E-state index in [1.54, 1.807) is 12.1 Å². The Bertz CT molecular complexity index is 530. The van der Waals surface area contributed by atoms with Gasteiger partial charge >= 0.3 is 0 Å². The van der Waals surface area contributed by atoms with Crippen molar-refractivity contribution in [2.75, 3.05) is 31.5 Å². The van der Waals surface area contributed by atoms with E-state index in [0.717, 1.165) is 24.6 Å². The number of halogens is 2. The highest BCUT2D eigenvalue weighted by molar-refractivity contribution is 5.48. The predicted octanol–water partition coefficient (Wildman–Crippen LogP) is 3.55. The third-order valence-corrected chi connectivity index (χ3v) is 4.83. The fraction of sp³-hybridized carbons (Fsp3) is 0.556. The van der Waals surface area contributed by atoms with E-state index >= 15 is 0 Å². The molecule has 0 saturated carbocycles. The van der Waals surface area contributed by atoms with Crippen LogP contribution in [0.15, 0.2) is 36.7 Å². The smallest absolute Gasteiger partial charge is 0.242 e. The molecular formula is C18H25F2N3. The van der Waals surface area contributed by atoms with Crippen LogP contribution in [0.5, 0.6) is 0 Å². The molecule has 0 spiro atoms. The van der Waals surface area contributed by atoms with Gasteiger partial charge in [0.2, 0.25) is 6.43 Å². The molecule has 5 heteroatoms. The first kappa shape index (κ1) is 16.2. The molecule has 0 aromatic heterocycles. The van der Waals surface area contributed by atoms with Crippen LogP contribution in [0.4, 0.5) is 14.5 Å². The molecule has 1 aromatic rings. The van der Waals surface area contributed by atoms with Crippen molar-refractivity contribution < 1.29 is 8.78 Å². The van der Waals surface area contributed by atoms with E-state index in [4.69, 9.17) is 0 Å². The molecule has 3 nitrogen and oxygen atoms in total. The second-order valence-corrected chi connectivity index (χ2v) is 6.50. The number of nitrogens with one attached hydrogen (secondary N) is 1. The molecule has 2 aliphatic rings. The summed E-state index contributed by atoms with van der Waals surface area (Å²) in [5.74, 6) is 0.903. The Morgan fingerprint density at radius 1 is 1.17 bits per heavy atom. The van der Waals surface area contributed by atoms with Gasteiger partial charge in [0.25, 0.3) is 0 Å². The monoisotopic (exact) mass is 321 g/mol. The highest BCUT2D eigenvalue weighted by atomic mass is 19.3. The normalized spacial score (nSPS) is 22.0. The molecule has 0 radical (unpaired) electrons. The summed E-state index contributed by atoms with van der Waals surface area (Å²) in [6.45, 7) is 8.68. The van der Waals surface area contributed by atoms with E-state index in [9.17, 15) is 8.78 Å². The first-order valence-corrected chi connectivity index (χ1v) is 8.44. The Kier molecular flexibility index (Phi) is 5.16. The van der Waals surface area contributed by atoms with Gasteiger partial charge in [0, 0.05) is 37.8 Å². The highest BCUT2D eigenvalue weighted by Crippen LogP contribution is 2.24. The van der Waals surface area contributed by atoms with Crippen molar-refractivity contribution in [3.8, 4) is 0 Å². The van der Waals surface area contributed by atoms with Gasteiger partial charge in [0.1, 0.15) is 0 Å². The van der Waals surface area contributed by atoms with E-state index in [2.05, 4.69) is 21.7 Å². The molecule has 1 atom stereocenters. The second-order valence-electron chi connectivity index (χ2n) is 6.50. The Morgan fingerprint density at radius 3 is 2.57 bits per heavy atom. The Labute approximate surface area is 137 Å². The van der Waals surface area contributed by atoms with Crippen molar-refractivity contribution in [3.05, 3.63) is 42.2 Å². The van der Waals surface area contributed by atoms with Crippen LogP contribution in [0.2, 0.25) is 0 Å². The summed E-state index contributed by atoms with van der Waals surface area (Å²) in [4.78, 5) is 4.88. The number of fused-ring (bicyclic) bond motifs is 1. The van der Waals surface area contributed by atoms with E-state index < -0.39 is 6.43 Å². The molecule has 0 amide bonds. The lowest BCUT2D eigenvalue weighted by atomic mass is 10.00. The highest BCUT2D eigenvalue weighted by Gasteiger charge is 2.30. The fourth-order valence-electron chi connectivity index (χ4n) is 3.35. The van der Waals surface area contributed by atoms with Gasteiger partial charge in [-0.05, 0) is 43.5 Å². The number of hydrogen-bond acceptors (Lipinski definition) is 3. The maximum absolute atomic E-state index is 12.4. The first-order chi connectivity index (χ1) is 11.1. The molecule has 2 fully saturated rings. The van der Waals surface area contributed by atoms with Gasteiger partial charge in [-0.2, -0.15) is 0 Å². The van der Waals surface area contributed by atoms with Crippen LogP contribution in [0.3, 0.4) is 0 Å². The minimum Gasteiger partial charge on any atom is -0.357 e. The summed E-state index contributed by atoms with van der Waals surface area (Å²) < 4.78 is 24.8. The first-order valence-electron chi connectivity index (χ1n) is 8.44. The summed E-state index contributed by atoms with van der Waals surface area (Å²) >= 11 is 0. The van der Waals surface area contributed by atoms with Crippen LogP contribution in [-0.2, 0) is 6.42 Å². The number of nitrogens with zero attached hydrogens (tertiary/aromatic N) is 2. The van der Waals surface area contributed by atoms with Gasteiger partial charge in [-0.25, -0.2) is 8.78 Å². The van der Waals surface area contributed by atoms with Crippen molar-refractivity contribution >= 4 is 5.69 Å². The Balaban J connectivity index is 1.57. The number of rotatable bonds is 5. The zero-order chi connectivity index (χ0) is 16.2. The molecule has 0 aliphatic carbocycles. The lowest BCUT2D eigenvalue weighted by Crippen LogP contribution is -2.55. The molecule has 1 N–H and O–H groups in total. The number of alkyl halides is 2. The summed E-state index contributed by atoms with van der Waals surface area (Å²) in [6, 6.07) is 7.86. The fourth-order valence-corrected chi connectivity index (χ4v) is 3.35. The van der Waals surface area contributed by atoms with Crippen LogP contribution in [0, 0.1) is 0 Å². The van der Waals surface area contributed by atoms with E-state index in [-0.39, 0.29) is 6.42 Å². The second kappa shape index (κ2) is 7.30. The third kappa shape index (κ3) is 4.22. The molecule has 2 saturated heterocycles. The lowest BCUT2D eigenvalue weighted by molar-refractivity contribution is 0.0510. The summed E-state index contributed by atoms with van der Waals surface area (Å²) in [6.07, 6.45) is 1.20. The van der Waals surface area contributed by atoms with Gasteiger partial charge < -0.3 is 10.2 Å². The lowest BCUT2D eigenvalue weighted by Gasteiger charge is -2.46. The van der Waals surface area contributed by atoms with E-state index in [1.165, 1.54) is 32.4 Å². The Morgan fingerprint density at radius 2 is 1.91 bits per heavy atom. The quantitative estimate of drug-likeness (QED) is 0.895. The van der Waals surface area contributed by atoms with Crippen molar-refractivity contribution in [2.45, 2.75) is 38.2 Å². The van der Waals surface area contributed by atoms with Gasteiger partial charge in [0.05, 0.1) is 5.82 Å². The largest absolute Gasteiger partial charge is 0.357 e. The molecular weight excluding hydrogens is 296 g/mol. The summed E-state index contributed by atoms with van der Waals surface area (Å²) in [5, 5.41) is 3.33. The standard InChI is InChI=1S/C18H25F2N3/c1-14(21-16-6-4-15(5-7-16)12-18(19)20)23-10-3-2-9-22-11-8-17(22)13-23/h4-7,17-18,21H,1-3,8-13H2. The molecule has 23 heavy (non-hydrogen) atoms. The van der Waals surface area contributed by atoms with E-state index in [1.807, 2.05) is 12.1 Å². The van der Waals surface area contributed by atoms with Crippen molar-refractivity contribution in [1.82, 2.24) is 9.80 Å². The SMILES string of the molecule is C=C(Nc1ccc(CC(F)F)cc1)N1CCCCN2CCC2C1. The molecule has 126 valence electrons. The minimum absolute atomic E-state index is 0.190. The van der Waals surface area contributed by atoms with Crippen molar-refractivity contribution in [3.63, 3.8) is 0 Å². The number of benzene rings is 1. The van der Waals surface area contributed by atoms with Gasteiger partial charge in [-0.1, -0.05) is 18.7 Å². The number of anilines is 1. The van der Waals surface area contributed by atoms with Crippen molar-refractivity contribution in [2.24, 2.45) is 0 Å². The molecule has 0 bridgehead atoms. The average Bonchev–Trinajstić information content (AvgIpc) is 2.48. The van der Waals surface area contributed by atoms with Crippen LogP contribution in [-0.4, -0.2) is 48.4 Å². The summed E-state index contributed by atoms with van der Waals surface area (Å²) in [5.41, 5.74) is 1.56. The zero-order valence-corrected chi connectivity index (χ0v) is 13.5. The van der Waals surface area contributed by atoms with Crippen LogP contribution in [0.1, 0.15) is 24.8 Å². The Hall–Kier alpha value is -1.62. The minimum atomic E-state index is -2.30. The van der Waals surface area contributed by atoms with Gasteiger partial charge in [-0.15, -0.1) is 0 Å². The van der Waals surface area contributed by atoms with Crippen LogP contribution >= 0.6 is 0 Å². The molecule has 1 aromatic carbocycles. The zero-order valence-electron chi connectivity index (χ0n) is 13.5. The predicted molar refractivity (Wildman–Crippen MR) is 89.7 cm³/mol.